The Kier molecular flexibility index (Phi) is 8.41. The summed E-state index contributed by atoms with van der Waals surface area (Å²) in [6.07, 6.45) is 1.30. The lowest BCUT2D eigenvalue weighted by molar-refractivity contribution is -0.387. The second-order valence-electron chi connectivity index (χ2n) is 9.48. The van der Waals surface area contributed by atoms with Gasteiger partial charge < -0.3 is 5.32 Å². The van der Waals surface area contributed by atoms with Crippen molar-refractivity contribution in [2.24, 2.45) is 0 Å². The molecule has 1 saturated heterocycles. The molecule has 0 radical (unpaired) electrons. The molecule has 0 atom stereocenters. The number of hydrogen-bond acceptors (Lipinski definition) is 9. The molecule has 0 saturated carbocycles. The molecule has 6 rings (SSSR count). The van der Waals surface area contributed by atoms with Crippen LogP contribution in [-0.2, 0) is 9.59 Å². The molecule has 5 aromatic rings. The number of rotatable bonds is 7. The molecule has 10 nitrogen and oxygen atoms in total. The first kappa shape index (κ1) is 30.1. The van der Waals surface area contributed by atoms with E-state index in [4.69, 9.17) is 23.8 Å². The lowest BCUT2D eigenvalue weighted by Crippen LogP contribution is -2.54. The van der Waals surface area contributed by atoms with E-state index in [2.05, 4.69) is 15.6 Å². The number of nitro benzene ring substituents is 1. The Labute approximate surface area is 273 Å². The lowest BCUT2D eigenvalue weighted by Gasteiger charge is -2.28. The number of thiazole rings is 1. The molecule has 2 heterocycles. The largest absolute Gasteiger partial charge is 0.322 e. The number of benzene rings is 4. The lowest BCUT2D eigenvalue weighted by atomic mass is 10.1. The van der Waals surface area contributed by atoms with Crippen molar-refractivity contribution >= 4 is 103 Å². The predicted octanol–water partition coefficient (Wildman–Crippen LogP) is 7.09. The number of thiocarbonyl (C=S) groups is 1. The third-order valence-corrected chi connectivity index (χ3v) is 9.31. The highest BCUT2D eigenvalue weighted by molar-refractivity contribution is 8.01. The van der Waals surface area contributed by atoms with Crippen LogP contribution in [0.5, 0.6) is 0 Å². The van der Waals surface area contributed by atoms with E-state index in [-0.39, 0.29) is 27.8 Å². The Bertz CT molecular complexity index is 2080. The topological polar surface area (TPSA) is 135 Å². The summed E-state index contributed by atoms with van der Waals surface area (Å²) in [4.78, 5) is 56.3. The first-order chi connectivity index (χ1) is 21.7. The van der Waals surface area contributed by atoms with Crippen molar-refractivity contribution in [3.8, 4) is 0 Å². The van der Waals surface area contributed by atoms with E-state index in [1.165, 1.54) is 28.4 Å². The van der Waals surface area contributed by atoms with Crippen molar-refractivity contribution in [1.82, 2.24) is 10.3 Å². The molecule has 1 fully saturated rings. The van der Waals surface area contributed by atoms with Crippen molar-refractivity contribution in [3.05, 3.63) is 123 Å². The van der Waals surface area contributed by atoms with E-state index < -0.39 is 16.7 Å². The van der Waals surface area contributed by atoms with Crippen LogP contribution in [0.3, 0.4) is 0 Å². The van der Waals surface area contributed by atoms with Crippen LogP contribution in [0.15, 0.2) is 106 Å². The van der Waals surface area contributed by atoms with Gasteiger partial charge in [-0.2, -0.15) is 0 Å². The number of nitrogens with zero attached hydrogens (tertiary/aromatic N) is 3. The summed E-state index contributed by atoms with van der Waals surface area (Å²) < 4.78 is 1.31. The zero-order valence-corrected chi connectivity index (χ0v) is 25.9. The highest BCUT2D eigenvalue weighted by Gasteiger charge is 2.34. The minimum Gasteiger partial charge on any atom is -0.322 e. The van der Waals surface area contributed by atoms with Gasteiger partial charge >= 0.3 is 0 Å². The van der Waals surface area contributed by atoms with E-state index in [1.54, 1.807) is 84.9 Å². The minimum atomic E-state index is -0.699. The standard InChI is InChI=1S/C31H18ClN5O5S3/c32-22-9-5-4-8-20(22)27(38)33-18-11-12-23-26(16-18)45-31(34-23)44-25-13-10-17(15-24(25)37(41)42)14-21-28(39)35-30(43)36(29(21)40)19-6-2-1-3-7-19/h1-16H,(H,33,38)(H,35,39,43)/b21-14+. The molecular formula is C31H18ClN5O5S3. The van der Waals surface area contributed by atoms with Gasteiger partial charge in [0.1, 0.15) is 5.57 Å². The summed E-state index contributed by atoms with van der Waals surface area (Å²) in [7, 11) is 0. The molecule has 1 aliphatic heterocycles. The average Bonchev–Trinajstić information content (AvgIpc) is 3.42. The van der Waals surface area contributed by atoms with E-state index >= 15 is 0 Å². The smallest absolute Gasteiger partial charge is 0.283 e. The third-order valence-electron chi connectivity index (χ3n) is 6.55. The number of para-hydroxylation sites is 1. The maximum absolute atomic E-state index is 13.3. The molecular weight excluding hydrogens is 654 g/mol. The summed E-state index contributed by atoms with van der Waals surface area (Å²) in [5.74, 6) is -1.70. The molecule has 0 bridgehead atoms. The van der Waals surface area contributed by atoms with Gasteiger partial charge in [-0.15, -0.1) is 11.3 Å². The SMILES string of the molecule is O=C1NC(=S)N(c2ccccc2)C(=O)/C1=C/c1ccc(Sc2nc3ccc(NC(=O)c4ccccc4Cl)cc3s2)c([N+](=O)[O-])c1. The minimum absolute atomic E-state index is 0.0583. The summed E-state index contributed by atoms with van der Waals surface area (Å²) in [5, 5.41) is 17.7. The molecule has 0 aliphatic carbocycles. The van der Waals surface area contributed by atoms with Crippen LogP contribution >= 0.6 is 46.9 Å². The third kappa shape index (κ3) is 6.33. The molecule has 0 spiro atoms. The molecule has 1 aromatic heterocycles. The van der Waals surface area contributed by atoms with Gasteiger partial charge in [-0.3, -0.25) is 34.7 Å². The van der Waals surface area contributed by atoms with Gasteiger partial charge in [0.25, 0.3) is 23.4 Å². The van der Waals surface area contributed by atoms with Crippen molar-refractivity contribution < 1.29 is 19.3 Å². The quantitative estimate of drug-likeness (QED) is 0.0616. The Hall–Kier alpha value is -4.95. The molecule has 3 amide bonds. The van der Waals surface area contributed by atoms with Gasteiger partial charge in [-0.25, -0.2) is 4.98 Å². The molecule has 2 N–H and O–H groups in total. The first-order valence-electron chi connectivity index (χ1n) is 13.1. The van der Waals surface area contributed by atoms with Gasteiger partial charge in [0, 0.05) is 11.8 Å². The summed E-state index contributed by atoms with van der Waals surface area (Å²) in [6, 6.07) is 25.0. The summed E-state index contributed by atoms with van der Waals surface area (Å²) in [6.45, 7) is 0. The van der Waals surface area contributed by atoms with Crippen molar-refractivity contribution in [2.45, 2.75) is 9.24 Å². The number of carbonyl (C=O) groups is 3. The van der Waals surface area contributed by atoms with E-state index in [0.29, 0.717) is 36.7 Å². The van der Waals surface area contributed by atoms with E-state index in [1.807, 2.05) is 0 Å². The second-order valence-corrected chi connectivity index (χ2v) is 12.6. The monoisotopic (exact) mass is 671 g/mol. The Morgan fingerprint density at radius 1 is 1.04 bits per heavy atom. The van der Waals surface area contributed by atoms with Crippen LogP contribution in [-0.4, -0.2) is 32.7 Å². The van der Waals surface area contributed by atoms with Crippen LogP contribution in [0.4, 0.5) is 17.1 Å². The number of nitrogens with one attached hydrogen (secondary N) is 2. The average molecular weight is 672 g/mol. The van der Waals surface area contributed by atoms with E-state index in [9.17, 15) is 24.5 Å². The number of anilines is 2. The van der Waals surface area contributed by atoms with Crippen molar-refractivity contribution in [1.29, 1.82) is 0 Å². The number of hydrogen-bond donors (Lipinski definition) is 2. The van der Waals surface area contributed by atoms with Crippen molar-refractivity contribution in [2.75, 3.05) is 10.2 Å². The van der Waals surface area contributed by atoms with Crippen LogP contribution in [0, 0.1) is 10.1 Å². The number of nitro groups is 1. The zero-order chi connectivity index (χ0) is 31.7. The van der Waals surface area contributed by atoms with Crippen LogP contribution < -0.4 is 15.5 Å². The summed E-state index contributed by atoms with van der Waals surface area (Å²) >= 11 is 13.8. The molecule has 14 heteroatoms. The molecule has 45 heavy (non-hydrogen) atoms. The second kappa shape index (κ2) is 12.6. The highest BCUT2D eigenvalue weighted by Crippen LogP contribution is 2.40. The zero-order valence-electron chi connectivity index (χ0n) is 22.7. The number of amides is 3. The fraction of sp³-hybridized carbons (Fsp3) is 0. The Morgan fingerprint density at radius 2 is 1.80 bits per heavy atom. The predicted molar refractivity (Wildman–Crippen MR) is 179 cm³/mol. The maximum atomic E-state index is 13.3. The number of carbonyl (C=O) groups excluding carboxylic acids is 3. The van der Waals surface area contributed by atoms with Gasteiger partial charge in [-0.1, -0.05) is 59.8 Å². The molecule has 0 unspecified atom stereocenters. The van der Waals surface area contributed by atoms with Gasteiger partial charge in [0.2, 0.25) is 0 Å². The van der Waals surface area contributed by atoms with Gasteiger partial charge in [-0.05, 0) is 72.4 Å². The van der Waals surface area contributed by atoms with E-state index in [0.717, 1.165) is 16.5 Å². The van der Waals surface area contributed by atoms with Crippen LogP contribution in [0.1, 0.15) is 15.9 Å². The Balaban J connectivity index is 1.24. The maximum Gasteiger partial charge on any atom is 0.283 e. The fourth-order valence-electron chi connectivity index (χ4n) is 4.45. The summed E-state index contributed by atoms with van der Waals surface area (Å²) in [5.41, 5.74) is 1.87. The fourth-order valence-corrected chi connectivity index (χ4v) is 7.10. The van der Waals surface area contributed by atoms with Crippen LogP contribution in [0.2, 0.25) is 5.02 Å². The first-order valence-corrected chi connectivity index (χ1v) is 15.5. The number of fused-ring (bicyclic) bond motifs is 1. The molecule has 4 aromatic carbocycles. The molecule has 222 valence electrons. The number of halogens is 1. The Morgan fingerprint density at radius 3 is 2.56 bits per heavy atom. The van der Waals surface area contributed by atoms with Crippen LogP contribution in [0.25, 0.3) is 16.3 Å². The van der Waals surface area contributed by atoms with Crippen molar-refractivity contribution in [3.63, 3.8) is 0 Å². The van der Waals surface area contributed by atoms with Gasteiger partial charge in [0.05, 0.1) is 36.3 Å². The normalized spacial score (nSPS) is 14.1. The number of aromatic nitrogens is 1. The highest BCUT2D eigenvalue weighted by atomic mass is 35.5. The molecule has 1 aliphatic rings. The van der Waals surface area contributed by atoms with Gasteiger partial charge in [0.15, 0.2) is 9.45 Å².